The number of pyridine rings is 1. The Kier molecular flexibility index (Phi) is 8.35. The van der Waals surface area contributed by atoms with Crippen molar-refractivity contribution in [3.63, 3.8) is 0 Å². The summed E-state index contributed by atoms with van der Waals surface area (Å²) < 4.78 is 13.0. The van der Waals surface area contributed by atoms with Crippen LogP contribution in [0.25, 0.3) is 0 Å². The first-order valence-electron chi connectivity index (χ1n) is 12.5. The van der Waals surface area contributed by atoms with Gasteiger partial charge in [-0.1, -0.05) is 25.9 Å². The molecule has 0 unspecified atom stereocenters. The highest BCUT2D eigenvalue weighted by Gasteiger charge is 2.25. The highest BCUT2D eigenvalue weighted by Crippen LogP contribution is 2.25. The first kappa shape index (κ1) is 26.2. The van der Waals surface area contributed by atoms with Crippen LogP contribution in [0, 0.1) is 0 Å². The normalized spacial score (nSPS) is 21.6. The molecule has 2 aliphatic rings. The first-order valence-corrected chi connectivity index (χ1v) is 12.9. The molecule has 0 bridgehead atoms. The van der Waals surface area contributed by atoms with Crippen LogP contribution >= 0.6 is 11.8 Å². The zero-order valence-corrected chi connectivity index (χ0v) is 21.8. The van der Waals surface area contributed by atoms with Crippen LogP contribution in [0.15, 0.2) is 28.9 Å². The van der Waals surface area contributed by atoms with Crippen molar-refractivity contribution in [3.05, 3.63) is 35.9 Å². The Bertz CT molecular complexity index is 1020. The first-order chi connectivity index (χ1) is 17.2. The van der Waals surface area contributed by atoms with Gasteiger partial charge in [-0.05, 0) is 62.4 Å². The molecule has 1 saturated heterocycles. The summed E-state index contributed by atoms with van der Waals surface area (Å²) in [5.74, 6) is 1.55. The predicted molar refractivity (Wildman–Crippen MR) is 136 cm³/mol. The number of halogens is 1. The summed E-state index contributed by atoms with van der Waals surface area (Å²) in [6, 6.07) is 4.98. The summed E-state index contributed by atoms with van der Waals surface area (Å²) in [6.45, 7) is 7.63. The van der Waals surface area contributed by atoms with Crippen LogP contribution < -0.4 is 20.7 Å². The number of ether oxygens (including phenoxy) is 1. The predicted octanol–water partition coefficient (Wildman–Crippen LogP) is 4.23. The number of carbonyl (C=O) groups excluding carboxylic acids is 2. The molecule has 2 aromatic heterocycles. The highest BCUT2D eigenvalue weighted by atomic mass is 35.5. The van der Waals surface area contributed by atoms with Gasteiger partial charge in [-0.2, -0.15) is 0 Å². The maximum absolute atomic E-state index is 12.7. The second-order valence-corrected chi connectivity index (χ2v) is 11.0. The minimum atomic E-state index is -0.309. The molecule has 3 amide bonds. The Labute approximate surface area is 216 Å². The Morgan fingerprint density at radius 2 is 1.72 bits per heavy atom. The lowest BCUT2D eigenvalue weighted by atomic mass is 9.91. The largest absolute Gasteiger partial charge is 0.489 e. The Balaban J connectivity index is 1.17. The Morgan fingerprint density at radius 1 is 1.06 bits per heavy atom. The zero-order chi connectivity index (χ0) is 25.7. The molecule has 3 heterocycles. The number of urea groups is 1. The van der Waals surface area contributed by atoms with E-state index in [-0.39, 0.29) is 35.5 Å². The van der Waals surface area contributed by atoms with Gasteiger partial charge in [0.2, 0.25) is 0 Å². The van der Waals surface area contributed by atoms with E-state index in [9.17, 15) is 9.59 Å². The van der Waals surface area contributed by atoms with Gasteiger partial charge in [-0.15, -0.1) is 0 Å². The molecule has 0 radical (unpaired) electrons. The van der Waals surface area contributed by atoms with Gasteiger partial charge in [0.25, 0.3) is 5.91 Å². The highest BCUT2D eigenvalue weighted by molar-refractivity contribution is 6.13. The third-order valence-corrected chi connectivity index (χ3v) is 6.89. The molecule has 1 aliphatic carbocycles. The summed E-state index contributed by atoms with van der Waals surface area (Å²) in [7, 11) is 0. The molecule has 3 N–H and O–H groups in total. The van der Waals surface area contributed by atoms with Gasteiger partial charge in [0.1, 0.15) is 23.3 Å². The van der Waals surface area contributed by atoms with Crippen molar-refractivity contribution in [1.82, 2.24) is 25.2 Å². The molecule has 0 spiro atoms. The number of hydrogen-bond donors (Lipinski definition) is 3. The van der Waals surface area contributed by atoms with E-state index in [2.05, 4.69) is 26.1 Å². The van der Waals surface area contributed by atoms with Crippen molar-refractivity contribution >= 4 is 29.5 Å². The number of amides is 3. The average molecular weight is 519 g/mol. The summed E-state index contributed by atoms with van der Waals surface area (Å²) in [4.78, 5) is 29.3. The molecule has 10 nitrogen and oxygen atoms in total. The van der Waals surface area contributed by atoms with E-state index in [4.69, 9.17) is 21.0 Å². The van der Waals surface area contributed by atoms with Crippen molar-refractivity contribution in [3.8, 4) is 5.75 Å². The fraction of sp³-hybridized carbons (Fsp3) is 0.600. The monoisotopic (exact) mass is 518 g/mol. The van der Waals surface area contributed by atoms with Crippen molar-refractivity contribution in [2.24, 2.45) is 0 Å². The number of aromatic nitrogens is 2. The minimum absolute atomic E-state index is 0.0346. The van der Waals surface area contributed by atoms with E-state index in [1.807, 2.05) is 20.8 Å². The Morgan fingerprint density at radius 3 is 2.31 bits per heavy atom. The number of nitrogens with zero attached hydrogens (tertiary/aromatic N) is 3. The molecule has 0 atom stereocenters. The van der Waals surface area contributed by atoms with Crippen LogP contribution in [0.5, 0.6) is 5.75 Å². The molecule has 196 valence electrons. The molecule has 11 heteroatoms. The smallest absolute Gasteiger partial charge is 0.320 e. The van der Waals surface area contributed by atoms with E-state index in [1.54, 1.807) is 28.8 Å². The number of hydrogen-bond acceptors (Lipinski definition) is 7. The summed E-state index contributed by atoms with van der Waals surface area (Å²) in [5.41, 5.74) is 0.180. The van der Waals surface area contributed by atoms with Gasteiger partial charge < -0.3 is 19.9 Å². The molecule has 4 rings (SSSR count). The fourth-order valence-electron chi connectivity index (χ4n) is 4.39. The van der Waals surface area contributed by atoms with Crippen molar-refractivity contribution < 1.29 is 18.8 Å². The molecule has 36 heavy (non-hydrogen) atoms. The molecule has 1 saturated carbocycles. The average Bonchev–Trinajstić information content (AvgIpc) is 3.31. The maximum atomic E-state index is 12.7. The lowest BCUT2D eigenvalue weighted by molar-refractivity contribution is 0.0919. The number of rotatable bonds is 6. The van der Waals surface area contributed by atoms with Gasteiger partial charge in [0.05, 0.1) is 6.20 Å². The SMILES string of the molecule is CC(C)(C)c1cc(NC(=O)N[C@H]2CC[C@H](NC(=O)c3ccc(OC4CCN(Cl)CC4)cn3)CC2)no1. The summed E-state index contributed by atoms with van der Waals surface area (Å²) in [6.07, 6.45) is 6.53. The third-order valence-electron chi connectivity index (χ3n) is 6.55. The van der Waals surface area contributed by atoms with Crippen LogP contribution in [0.3, 0.4) is 0 Å². The number of anilines is 1. The zero-order valence-electron chi connectivity index (χ0n) is 21.1. The van der Waals surface area contributed by atoms with Gasteiger partial charge in [0, 0.05) is 36.7 Å². The quantitative estimate of drug-likeness (QED) is 0.489. The van der Waals surface area contributed by atoms with E-state index in [0.717, 1.165) is 51.6 Å². The van der Waals surface area contributed by atoms with E-state index in [1.165, 1.54) is 0 Å². The van der Waals surface area contributed by atoms with E-state index < -0.39 is 0 Å². The lowest BCUT2D eigenvalue weighted by Crippen LogP contribution is -2.45. The van der Waals surface area contributed by atoms with Crippen molar-refractivity contribution in [2.45, 2.75) is 82.9 Å². The van der Waals surface area contributed by atoms with Crippen LogP contribution in [0.4, 0.5) is 10.6 Å². The second kappa shape index (κ2) is 11.5. The topological polar surface area (TPSA) is 122 Å². The van der Waals surface area contributed by atoms with E-state index >= 15 is 0 Å². The van der Waals surface area contributed by atoms with Gasteiger partial charge >= 0.3 is 6.03 Å². The summed E-state index contributed by atoms with van der Waals surface area (Å²) in [5, 5.41) is 12.7. The number of carbonyl (C=O) groups is 2. The number of piperidine rings is 1. The fourth-order valence-corrected chi connectivity index (χ4v) is 4.58. The standard InChI is InChI=1S/C25H35ClN6O4/c1-25(2,3)21-14-22(31-36-21)30-24(34)29-17-6-4-16(5-7-17)28-23(33)20-9-8-19(15-27-20)35-18-10-12-32(26)13-11-18/h8-9,14-18H,4-7,10-13H2,1-3H3,(H,28,33)(H2,29,30,31,34)/t16-,17-. The van der Waals surface area contributed by atoms with Crippen LogP contribution in [0.1, 0.15) is 75.5 Å². The summed E-state index contributed by atoms with van der Waals surface area (Å²) >= 11 is 5.99. The van der Waals surface area contributed by atoms with Crippen LogP contribution in [-0.4, -0.2) is 57.8 Å². The Hall–Kier alpha value is -2.85. The van der Waals surface area contributed by atoms with Crippen LogP contribution in [-0.2, 0) is 5.41 Å². The molecule has 0 aromatic carbocycles. The third kappa shape index (κ3) is 7.33. The lowest BCUT2D eigenvalue weighted by Gasteiger charge is -2.29. The second-order valence-electron chi connectivity index (χ2n) is 10.6. The van der Waals surface area contributed by atoms with Crippen molar-refractivity contribution in [1.29, 1.82) is 0 Å². The molecular formula is C25H35ClN6O4. The maximum Gasteiger partial charge on any atom is 0.320 e. The molecule has 2 aromatic rings. The van der Waals surface area contributed by atoms with Crippen LogP contribution in [0.2, 0.25) is 0 Å². The van der Waals surface area contributed by atoms with Gasteiger partial charge in [-0.3, -0.25) is 10.1 Å². The number of nitrogens with one attached hydrogen (secondary N) is 3. The molecule has 1 aliphatic heterocycles. The minimum Gasteiger partial charge on any atom is -0.489 e. The van der Waals surface area contributed by atoms with Gasteiger partial charge in [-0.25, -0.2) is 14.2 Å². The van der Waals surface area contributed by atoms with E-state index in [0.29, 0.717) is 23.0 Å². The molecular weight excluding hydrogens is 484 g/mol. The van der Waals surface area contributed by atoms with Crippen molar-refractivity contribution in [2.75, 3.05) is 18.4 Å². The van der Waals surface area contributed by atoms with Gasteiger partial charge in [0.15, 0.2) is 5.82 Å². The molecule has 2 fully saturated rings.